The zero-order valence-corrected chi connectivity index (χ0v) is 19.9. The molecule has 7 heteroatoms. The van der Waals surface area contributed by atoms with Crippen LogP contribution < -0.4 is 0 Å². The van der Waals surface area contributed by atoms with E-state index in [1.54, 1.807) is 23.9 Å². The number of carbonyl (C=O) groups excluding carboxylic acids is 3. The SMILES string of the molecule is CCOC(=O)[C@]1(Cc2ccccc2C)CCCN(C(=O)C2CCN(C(=O)N(C)C)CC2)C1. The summed E-state index contributed by atoms with van der Waals surface area (Å²) in [6, 6.07) is 8.11. The maximum Gasteiger partial charge on any atom is 0.319 e. The molecule has 3 rings (SSSR count). The molecule has 0 aromatic heterocycles. The molecule has 32 heavy (non-hydrogen) atoms. The Morgan fingerprint density at radius 2 is 1.78 bits per heavy atom. The Morgan fingerprint density at radius 3 is 2.41 bits per heavy atom. The summed E-state index contributed by atoms with van der Waals surface area (Å²) in [5, 5.41) is 0. The molecular weight excluding hydrogens is 406 g/mol. The van der Waals surface area contributed by atoms with Crippen LogP contribution in [0.25, 0.3) is 0 Å². The number of carbonyl (C=O) groups is 3. The van der Waals surface area contributed by atoms with Crippen LogP contribution in [0.4, 0.5) is 4.79 Å². The third-order valence-corrected chi connectivity index (χ3v) is 6.88. The van der Waals surface area contributed by atoms with Crippen LogP contribution in [0.2, 0.25) is 0 Å². The number of ether oxygens (including phenoxy) is 1. The molecule has 0 saturated carbocycles. The maximum atomic E-state index is 13.4. The number of nitrogens with zero attached hydrogens (tertiary/aromatic N) is 3. The highest BCUT2D eigenvalue weighted by atomic mass is 16.5. The van der Waals surface area contributed by atoms with Gasteiger partial charge in [0.2, 0.25) is 5.91 Å². The number of urea groups is 1. The fourth-order valence-electron chi connectivity index (χ4n) is 5.02. The van der Waals surface area contributed by atoms with E-state index in [4.69, 9.17) is 4.74 Å². The summed E-state index contributed by atoms with van der Waals surface area (Å²) in [4.78, 5) is 44.0. The Morgan fingerprint density at radius 1 is 1.09 bits per heavy atom. The van der Waals surface area contributed by atoms with E-state index in [1.165, 1.54) is 0 Å². The van der Waals surface area contributed by atoms with Gasteiger partial charge in [0.1, 0.15) is 0 Å². The Balaban J connectivity index is 1.73. The number of likely N-dealkylation sites (tertiary alicyclic amines) is 2. The van der Waals surface area contributed by atoms with Crippen LogP contribution in [-0.4, -0.2) is 79.5 Å². The summed E-state index contributed by atoms with van der Waals surface area (Å²) < 4.78 is 5.51. The Hall–Kier alpha value is -2.57. The molecule has 3 amide bonds. The lowest BCUT2D eigenvalue weighted by Gasteiger charge is -2.43. The molecule has 0 bridgehead atoms. The van der Waals surface area contributed by atoms with E-state index < -0.39 is 5.41 Å². The van der Waals surface area contributed by atoms with Crippen LogP contribution in [0.1, 0.15) is 43.7 Å². The molecule has 0 spiro atoms. The Bertz CT molecular complexity index is 832. The molecule has 2 aliphatic rings. The quantitative estimate of drug-likeness (QED) is 0.656. The number of hydrogen-bond donors (Lipinski definition) is 0. The topological polar surface area (TPSA) is 70.2 Å². The first-order chi connectivity index (χ1) is 15.3. The number of amides is 3. The monoisotopic (exact) mass is 443 g/mol. The first-order valence-electron chi connectivity index (χ1n) is 11.7. The van der Waals surface area contributed by atoms with Crippen LogP contribution >= 0.6 is 0 Å². The predicted molar refractivity (Wildman–Crippen MR) is 123 cm³/mol. The number of rotatable bonds is 5. The zero-order chi connectivity index (χ0) is 23.3. The molecule has 1 aromatic rings. The molecular formula is C25H37N3O4. The van der Waals surface area contributed by atoms with E-state index in [-0.39, 0.29) is 23.8 Å². The van der Waals surface area contributed by atoms with E-state index in [1.807, 2.05) is 24.0 Å². The highest BCUT2D eigenvalue weighted by Crippen LogP contribution is 2.37. The first-order valence-corrected chi connectivity index (χ1v) is 11.7. The van der Waals surface area contributed by atoms with Crippen molar-refractivity contribution in [1.82, 2.24) is 14.7 Å². The minimum atomic E-state index is -0.711. The van der Waals surface area contributed by atoms with Crippen molar-refractivity contribution >= 4 is 17.9 Å². The molecule has 7 nitrogen and oxygen atoms in total. The van der Waals surface area contributed by atoms with E-state index >= 15 is 0 Å². The molecule has 176 valence electrons. The normalized spacial score (nSPS) is 21.9. The van der Waals surface area contributed by atoms with Crippen molar-refractivity contribution in [2.45, 2.75) is 46.0 Å². The first kappa shape index (κ1) is 24.1. The zero-order valence-electron chi connectivity index (χ0n) is 19.9. The van der Waals surface area contributed by atoms with Crippen LogP contribution in [0.15, 0.2) is 24.3 Å². The number of aryl methyl sites for hydroxylation is 1. The van der Waals surface area contributed by atoms with Crippen molar-refractivity contribution in [2.75, 3.05) is 46.9 Å². The molecule has 1 aromatic carbocycles. The molecule has 0 aliphatic carbocycles. The number of benzene rings is 1. The van der Waals surface area contributed by atoms with Gasteiger partial charge in [0, 0.05) is 46.2 Å². The highest BCUT2D eigenvalue weighted by Gasteiger charge is 2.46. The lowest BCUT2D eigenvalue weighted by atomic mass is 9.74. The largest absolute Gasteiger partial charge is 0.466 e. The molecule has 0 unspecified atom stereocenters. The van der Waals surface area contributed by atoms with Gasteiger partial charge in [0.25, 0.3) is 0 Å². The molecule has 0 radical (unpaired) electrons. The summed E-state index contributed by atoms with van der Waals surface area (Å²) in [5.74, 6) is -0.190. The molecule has 1 atom stereocenters. The van der Waals surface area contributed by atoms with Gasteiger partial charge in [-0.3, -0.25) is 9.59 Å². The van der Waals surface area contributed by atoms with E-state index in [9.17, 15) is 14.4 Å². The second kappa shape index (κ2) is 10.4. The van der Waals surface area contributed by atoms with Gasteiger partial charge in [-0.05, 0) is 57.1 Å². The lowest BCUT2D eigenvalue weighted by molar-refractivity contribution is -0.161. The molecule has 2 saturated heterocycles. The van der Waals surface area contributed by atoms with Gasteiger partial charge in [0.15, 0.2) is 0 Å². The van der Waals surface area contributed by atoms with Crippen LogP contribution in [0.5, 0.6) is 0 Å². The van der Waals surface area contributed by atoms with Gasteiger partial charge >= 0.3 is 12.0 Å². The highest BCUT2D eigenvalue weighted by molar-refractivity contribution is 5.83. The van der Waals surface area contributed by atoms with Gasteiger partial charge < -0.3 is 19.4 Å². The van der Waals surface area contributed by atoms with Crippen LogP contribution in [-0.2, 0) is 20.7 Å². The fourth-order valence-corrected chi connectivity index (χ4v) is 5.02. The summed E-state index contributed by atoms with van der Waals surface area (Å²) in [5.41, 5.74) is 1.57. The summed E-state index contributed by atoms with van der Waals surface area (Å²) in [7, 11) is 3.49. The van der Waals surface area contributed by atoms with E-state index in [0.29, 0.717) is 52.0 Å². The lowest BCUT2D eigenvalue weighted by Crippen LogP contribution is -2.54. The van der Waals surface area contributed by atoms with Crippen molar-refractivity contribution in [3.05, 3.63) is 35.4 Å². The van der Waals surface area contributed by atoms with Gasteiger partial charge in [0.05, 0.1) is 12.0 Å². The van der Waals surface area contributed by atoms with Crippen molar-refractivity contribution in [3.8, 4) is 0 Å². The van der Waals surface area contributed by atoms with Crippen LogP contribution in [0.3, 0.4) is 0 Å². The van der Waals surface area contributed by atoms with Crippen LogP contribution in [0, 0.1) is 18.3 Å². The Labute approximate surface area is 191 Å². The summed E-state index contributed by atoms with van der Waals surface area (Å²) >= 11 is 0. The molecule has 2 fully saturated rings. The minimum Gasteiger partial charge on any atom is -0.466 e. The fraction of sp³-hybridized carbons (Fsp3) is 0.640. The third-order valence-electron chi connectivity index (χ3n) is 6.88. The average Bonchev–Trinajstić information content (AvgIpc) is 2.80. The summed E-state index contributed by atoms with van der Waals surface area (Å²) in [6.07, 6.45) is 3.42. The number of esters is 1. The van der Waals surface area contributed by atoms with E-state index in [0.717, 1.165) is 24.0 Å². The van der Waals surface area contributed by atoms with Gasteiger partial charge in [-0.25, -0.2) is 4.79 Å². The maximum absolute atomic E-state index is 13.4. The average molecular weight is 444 g/mol. The number of piperidine rings is 2. The van der Waals surface area contributed by atoms with E-state index in [2.05, 4.69) is 19.1 Å². The molecule has 0 N–H and O–H groups in total. The third kappa shape index (κ3) is 5.25. The summed E-state index contributed by atoms with van der Waals surface area (Å²) in [6.45, 7) is 6.47. The molecule has 2 aliphatic heterocycles. The van der Waals surface area contributed by atoms with Crippen molar-refractivity contribution in [2.24, 2.45) is 11.3 Å². The predicted octanol–water partition coefficient (Wildman–Crippen LogP) is 3.10. The van der Waals surface area contributed by atoms with Crippen molar-refractivity contribution < 1.29 is 19.1 Å². The van der Waals surface area contributed by atoms with Crippen molar-refractivity contribution in [1.29, 1.82) is 0 Å². The number of hydrogen-bond acceptors (Lipinski definition) is 4. The van der Waals surface area contributed by atoms with Gasteiger partial charge in [-0.1, -0.05) is 24.3 Å². The standard InChI is InChI=1S/C25H37N3O4/c1-5-32-23(30)25(17-21-10-7-6-9-19(21)2)13-8-14-28(18-25)22(29)20-11-15-27(16-12-20)24(31)26(3)4/h6-7,9-10,20H,5,8,11-18H2,1-4H3/t25-/m0/s1. The Kier molecular flexibility index (Phi) is 7.80. The second-order valence-electron chi connectivity index (χ2n) is 9.41. The minimum absolute atomic E-state index is 0.00608. The second-order valence-corrected chi connectivity index (χ2v) is 9.41. The van der Waals surface area contributed by atoms with Gasteiger partial charge in [-0.2, -0.15) is 0 Å². The molecule has 2 heterocycles. The van der Waals surface area contributed by atoms with Gasteiger partial charge in [-0.15, -0.1) is 0 Å². The smallest absolute Gasteiger partial charge is 0.319 e. The van der Waals surface area contributed by atoms with Crippen molar-refractivity contribution in [3.63, 3.8) is 0 Å².